The van der Waals surface area contributed by atoms with Crippen LogP contribution in [0.15, 0.2) is 60.2 Å². The minimum absolute atomic E-state index is 0.0110. The van der Waals surface area contributed by atoms with E-state index in [1.807, 2.05) is 36.4 Å². The van der Waals surface area contributed by atoms with Crippen molar-refractivity contribution in [2.24, 2.45) is 0 Å². The Hall–Kier alpha value is -3.65. The fraction of sp³-hybridized carbons (Fsp3) is 0.320. The molecule has 3 N–H and O–H groups in total. The Kier molecular flexibility index (Phi) is 9.86. The van der Waals surface area contributed by atoms with Crippen LogP contribution in [-0.4, -0.2) is 72.7 Å². The minimum atomic E-state index is -1.70. The van der Waals surface area contributed by atoms with Crippen LogP contribution < -0.4 is 10.1 Å². The minimum Gasteiger partial charge on any atom is -0.493 e. The highest BCUT2D eigenvalue weighted by Gasteiger charge is 2.25. The van der Waals surface area contributed by atoms with Crippen LogP contribution in [0.1, 0.15) is 17.5 Å². The van der Waals surface area contributed by atoms with Crippen LogP contribution >= 0.6 is 0 Å². The molecule has 0 aliphatic carbocycles. The van der Waals surface area contributed by atoms with Crippen molar-refractivity contribution >= 4 is 25.0 Å². The van der Waals surface area contributed by atoms with E-state index < -0.39 is 13.1 Å². The van der Waals surface area contributed by atoms with Gasteiger partial charge in [0.15, 0.2) is 0 Å². The summed E-state index contributed by atoms with van der Waals surface area (Å²) in [5.74, 6) is -1.08. The lowest BCUT2D eigenvalue weighted by Crippen LogP contribution is -2.48. The number of nitrogens with zero attached hydrogens (tertiary/aromatic N) is 2. The average molecular weight is 477 g/mol. The summed E-state index contributed by atoms with van der Waals surface area (Å²) in [5, 5.41) is 31.3. The number of ether oxygens (including phenoxy) is 2. The lowest BCUT2D eigenvalue weighted by atomic mass is 9.76. The van der Waals surface area contributed by atoms with Crippen molar-refractivity contribution in [1.29, 1.82) is 5.26 Å². The number of carbonyl (C=O) groups excluding carboxylic acids is 2. The van der Waals surface area contributed by atoms with E-state index in [1.54, 1.807) is 29.2 Å². The number of morpholine rings is 1. The Labute approximate surface area is 204 Å². The van der Waals surface area contributed by atoms with Gasteiger partial charge in [0.1, 0.15) is 17.4 Å². The smallest absolute Gasteiger partial charge is 0.475 e. The first kappa shape index (κ1) is 26.0. The van der Waals surface area contributed by atoms with Crippen LogP contribution in [-0.2, 0) is 20.7 Å². The van der Waals surface area contributed by atoms with Gasteiger partial charge >= 0.3 is 7.12 Å². The number of benzene rings is 2. The third kappa shape index (κ3) is 8.26. The molecule has 2 aromatic rings. The molecule has 1 aliphatic rings. The molecular weight excluding hydrogens is 449 g/mol. The monoisotopic (exact) mass is 477 g/mol. The van der Waals surface area contributed by atoms with Gasteiger partial charge in [-0.15, -0.1) is 0 Å². The van der Waals surface area contributed by atoms with Crippen LogP contribution in [0.4, 0.5) is 0 Å². The highest BCUT2D eigenvalue weighted by Crippen LogP contribution is 2.17. The van der Waals surface area contributed by atoms with Crippen LogP contribution in [0.25, 0.3) is 6.08 Å². The van der Waals surface area contributed by atoms with Crippen molar-refractivity contribution in [3.63, 3.8) is 0 Å². The molecule has 1 heterocycles. The first-order valence-corrected chi connectivity index (χ1v) is 11.4. The van der Waals surface area contributed by atoms with Crippen LogP contribution in [0, 0.1) is 11.3 Å². The maximum absolute atomic E-state index is 12.6. The van der Waals surface area contributed by atoms with Gasteiger partial charge in [-0.2, -0.15) is 5.26 Å². The van der Waals surface area contributed by atoms with E-state index in [4.69, 9.17) is 9.47 Å². The Morgan fingerprint density at radius 1 is 1.17 bits per heavy atom. The molecule has 1 atom stereocenters. The number of rotatable bonds is 10. The van der Waals surface area contributed by atoms with Crippen LogP contribution in [0.2, 0.25) is 0 Å². The largest absolute Gasteiger partial charge is 0.493 e. The standard InChI is InChI=1S/C25H28BN3O6/c27-18-21(25(31)29-10-13-34-14-11-29)15-20-7-4-8-22(16-20)35-12-9-24(30)28-23(26(32)33)17-19-5-2-1-3-6-19/h1-8,15-16,23,32-33H,9-14,17H2,(H,28,30). The summed E-state index contributed by atoms with van der Waals surface area (Å²) in [5.41, 5.74) is 1.52. The molecule has 10 heteroatoms. The second-order valence-corrected chi connectivity index (χ2v) is 8.02. The summed E-state index contributed by atoms with van der Waals surface area (Å²) in [6.45, 7) is 1.86. The normalized spacial score (nSPS) is 14.5. The molecule has 2 amide bonds. The molecule has 1 saturated heterocycles. The van der Waals surface area contributed by atoms with Gasteiger partial charge in [0.25, 0.3) is 5.91 Å². The zero-order valence-electron chi connectivity index (χ0n) is 19.3. The van der Waals surface area contributed by atoms with E-state index >= 15 is 0 Å². The predicted molar refractivity (Wildman–Crippen MR) is 130 cm³/mol. The molecule has 182 valence electrons. The molecule has 9 nitrogen and oxygen atoms in total. The molecule has 35 heavy (non-hydrogen) atoms. The van der Waals surface area contributed by atoms with E-state index in [0.717, 1.165) is 5.56 Å². The van der Waals surface area contributed by atoms with Crippen LogP contribution in [0.3, 0.4) is 0 Å². The SMILES string of the molecule is N#CC(=Cc1cccc(OCCC(=O)NC(Cc2ccccc2)B(O)O)c1)C(=O)N1CCOCC1. The third-order valence-electron chi connectivity index (χ3n) is 5.42. The van der Waals surface area contributed by atoms with Gasteiger partial charge in [-0.1, -0.05) is 42.5 Å². The van der Waals surface area contributed by atoms with Crippen molar-refractivity contribution in [3.05, 3.63) is 71.3 Å². The second kappa shape index (κ2) is 13.3. The number of carbonyl (C=O) groups is 2. The zero-order chi connectivity index (χ0) is 25.0. The quantitative estimate of drug-likeness (QED) is 0.264. The first-order chi connectivity index (χ1) is 17.0. The second-order valence-electron chi connectivity index (χ2n) is 8.02. The molecule has 0 saturated carbocycles. The molecule has 3 rings (SSSR count). The molecule has 0 spiro atoms. The van der Waals surface area contributed by atoms with Gasteiger partial charge in [-0.05, 0) is 35.8 Å². The van der Waals surface area contributed by atoms with Crippen molar-refractivity contribution in [2.75, 3.05) is 32.9 Å². The summed E-state index contributed by atoms with van der Waals surface area (Å²) in [7, 11) is -1.70. The number of nitriles is 1. The van der Waals surface area contributed by atoms with E-state index in [0.29, 0.717) is 37.6 Å². The molecule has 0 bridgehead atoms. The van der Waals surface area contributed by atoms with E-state index in [1.165, 1.54) is 6.08 Å². The van der Waals surface area contributed by atoms with Crippen molar-refractivity contribution < 1.29 is 29.1 Å². The molecule has 1 unspecified atom stereocenters. The number of amides is 2. The predicted octanol–water partition coefficient (Wildman–Crippen LogP) is 0.961. The topological polar surface area (TPSA) is 132 Å². The summed E-state index contributed by atoms with van der Waals surface area (Å²) in [4.78, 5) is 26.5. The Balaban J connectivity index is 1.52. The van der Waals surface area contributed by atoms with Gasteiger partial charge in [0.2, 0.25) is 5.91 Å². The fourth-order valence-corrected chi connectivity index (χ4v) is 3.58. The van der Waals surface area contributed by atoms with Crippen molar-refractivity contribution in [3.8, 4) is 11.8 Å². The highest BCUT2D eigenvalue weighted by molar-refractivity contribution is 6.43. The van der Waals surface area contributed by atoms with Gasteiger partial charge in [-0.25, -0.2) is 0 Å². The van der Waals surface area contributed by atoms with E-state index in [2.05, 4.69) is 5.32 Å². The number of hydrogen-bond acceptors (Lipinski definition) is 7. The summed E-state index contributed by atoms with van der Waals surface area (Å²) in [6.07, 6.45) is 1.80. The molecule has 1 aliphatic heterocycles. The van der Waals surface area contributed by atoms with Gasteiger partial charge in [0.05, 0.1) is 32.2 Å². The maximum atomic E-state index is 12.6. The lowest BCUT2D eigenvalue weighted by molar-refractivity contribution is -0.130. The number of hydrogen-bond donors (Lipinski definition) is 3. The Morgan fingerprint density at radius 3 is 2.60 bits per heavy atom. The zero-order valence-corrected chi connectivity index (χ0v) is 19.3. The maximum Gasteiger partial charge on any atom is 0.475 e. The molecule has 0 radical (unpaired) electrons. The average Bonchev–Trinajstić information content (AvgIpc) is 2.88. The molecule has 1 fully saturated rings. The van der Waals surface area contributed by atoms with E-state index in [-0.39, 0.29) is 36.8 Å². The third-order valence-corrected chi connectivity index (χ3v) is 5.42. The number of nitrogens with one attached hydrogen (secondary N) is 1. The molecular formula is C25H28BN3O6. The summed E-state index contributed by atoms with van der Waals surface area (Å²) in [6, 6.07) is 18.1. The fourth-order valence-electron chi connectivity index (χ4n) is 3.58. The Bertz CT molecular complexity index is 1060. The highest BCUT2D eigenvalue weighted by atomic mass is 16.5. The van der Waals surface area contributed by atoms with Gasteiger partial charge in [0, 0.05) is 13.1 Å². The van der Waals surface area contributed by atoms with Gasteiger partial charge < -0.3 is 29.7 Å². The summed E-state index contributed by atoms with van der Waals surface area (Å²) < 4.78 is 10.9. The molecule has 0 aromatic heterocycles. The van der Waals surface area contributed by atoms with Crippen molar-refractivity contribution in [2.45, 2.75) is 18.8 Å². The van der Waals surface area contributed by atoms with Gasteiger partial charge in [-0.3, -0.25) is 9.59 Å². The Morgan fingerprint density at radius 2 is 1.91 bits per heavy atom. The molecule has 2 aromatic carbocycles. The van der Waals surface area contributed by atoms with Crippen LogP contribution in [0.5, 0.6) is 5.75 Å². The van der Waals surface area contributed by atoms with E-state index in [9.17, 15) is 24.9 Å². The van der Waals surface area contributed by atoms with Crippen molar-refractivity contribution in [1.82, 2.24) is 10.2 Å². The lowest BCUT2D eigenvalue weighted by Gasteiger charge is -2.26. The summed E-state index contributed by atoms with van der Waals surface area (Å²) >= 11 is 0. The first-order valence-electron chi connectivity index (χ1n) is 11.4.